The fourth-order valence-electron chi connectivity index (χ4n) is 2.38. The second-order valence-electron chi connectivity index (χ2n) is 5.97. The quantitative estimate of drug-likeness (QED) is 0.892. The maximum Gasteiger partial charge on any atom is 0.196 e. The first-order chi connectivity index (χ1) is 8.37. The summed E-state index contributed by atoms with van der Waals surface area (Å²) in [6.45, 7) is 7.46. The van der Waals surface area contributed by atoms with E-state index >= 15 is 0 Å². The average molecular weight is 266 g/mol. The van der Waals surface area contributed by atoms with Crippen molar-refractivity contribution in [2.24, 2.45) is 16.1 Å². The van der Waals surface area contributed by atoms with Crippen LogP contribution in [0.25, 0.3) is 0 Å². The molecule has 0 aromatic heterocycles. The maximum absolute atomic E-state index is 6.04. The van der Waals surface area contributed by atoms with Gasteiger partial charge >= 0.3 is 0 Å². The molecule has 0 spiro atoms. The molecule has 3 nitrogen and oxygen atoms in total. The van der Waals surface area contributed by atoms with E-state index in [1.165, 1.54) is 0 Å². The van der Waals surface area contributed by atoms with Crippen molar-refractivity contribution in [1.29, 1.82) is 0 Å². The Labute approximate surface area is 114 Å². The Morgan fingerprint density at radius 1 is 1.44 bits per heavy atom. The lowest BCUT2D eigenvalue weighted by atomic mass is 9.87. The number of hydrogen-bond donors (Lipinski definition) is 1. The van der Waals surface area contributed by atoms with Gasteiger partial charge in [-0.25, -0.2) is 0 Å². The number of hydrogen-bond acceptors (Lipinski definition) is 3. The highest BCUT2D eigenvalue weighted by atomic mass is 35.5. The molecule has 1 aromatic carbocycles. The first-order valence-corrected chi connectivity index (χ1v) is 6.59. The Morgan fingerprint density at radius 3 is 2.78 bits per heavy atom. The monoisotopic (exact) mass is 265 g/mol. The average Bonchev–Trinajstić information content (AvgIpc) is 2.57. The SMILES string of the molecule is CC(C)(C)CC1CN=C(N)N1c1cccc(Cl)c1. The van der Waals surface area contributed by atoms with Crippen LogP contribution in [-0.4, -0.2) is 18.5 Å². The number of anilines is 1. The van der Waals surface area contributed by atoms with Crippen LogP contribution < -0.4 is 10.6 Å². The van der Waals surface area contributed by atoms with Gasteiger partial charge in [-0.15, -0.1) is 0 Å². The van der Waals surface area contributed by atoms with E-state index in [0.717, 1.165) is 23.7 Å². The first kappa shape index (κ1) is 13.2. The highest BCUT2D eigenvalue weighted by molar-refractivity contribution is 6.30. The van der Waals surface area contributed by atoms with E-state index in [0.29, 0.717) is 12.0 Å². The molecule has 1 aliphatic heterocycles. The van der Waals surface area contributed by atoms with E-state index in [1.54, 1.807) is 0 Å². The van der Waals surface area contributed by atoms with Gasteiger partial charge in [-0.2, -0.15) is 0 Å². The Balaban J connectivity index is 2.25. The Hall–Kier alpha value is -1.22. The molecule has 2 N–H and O–H groups in total. The molecular weight excluding hydrogens is 246 g/mol. The van der Waals surface area contributed by atoms with Crippen LogP contribution >= 0.6 is 11.6 Å². The van der Waals surface area contributed by atoms with Crippen molar-refractivity contribution in [3.8, 4) is 0 Å². The predicted molar refractivity (Wildman–Crippen MR) is 78.3 cm³/mol. The van der Waals surface area contributed by atoms with Gasteiger partial charge in [0.2, 0.25) is 0 Å². The van der Waals surface area contributed by atoms with Crippen molar-refractivity contribution in [2.75, 3.05) is 11.4 Å². The van der Waals surface area contributed by atoms with Gasteiger partial charge in [0.25, 0.3) is 0 Å². The Bertz CT molecular complexity index is 462. The van der Waals surface area contributed by atoms with Crippen molar-refractivity contribution in [3.63, 3.8) is 0 Å². The van der Waals surface area contributed by atoms with Crippen LogP contribution in [0.2, 0.25) is 5.02 Å². The summed E-state index contributed by atoms with van der Waals surface area (Å²) in [7, 11) is 0. The molecule has 1 unspecified atom stereocenters. The summed E-state index contributed by atoms with van der Waals surface area (Å²) in [4.78, 5) is 6.46. The largest absolute Gasteiger partial charge is 0.370 e. The third-order valence-corrected chi connectivity index (χ3v) is 3.25. The maximum atomic E-state index is 6.04. The van der Waals surface area contributed by atoms with Gasteiger partial charge in [-0.3, -0.25) is 4.99 Å². The molecule has 0 aliphatic carbocycles. The van der Waals surface area contributed by atoms with Gasteiger partial charge in [0.05, 0.1) is 12.6 Å². The molecule has 1 aliphatic rings. The Morgan fingerprint density at radius 2 is 2.17 bits per heavy atom. The lowest BCUT2D eigenvalue weighted by Gasteiger charge is -2.31. The summed E-state index contributed by atoms with van der Waals surface area (Å²) in [6.07, 6.45) is 1.05. The number of guanidine groups is 1. The number of halogens is 1. The molecule has 2 rings (SSSR count). The third-order valence-electron chi connectivity index (χ3n) is 3.01. The van der Waals surface area contributed by atoms with Gasteiger partial charge in [0.15, 0.2) is 5.96 Å². The second kappa shape index (κ2) is 4.81. The van der Waals surface area contributed by atoms with Crippen LogP contribution in [0.15, 0.2) is 29.3 Å². The molecule has 98 valence electrons. The molecule has 0 bridgehead atoms. The van der Waals surface area contributed by atoms with E-state index in [-0.39, 0.29) is 5.41 Å². The number of rotatable bonds is 2. The van der Waals surface area contributed by atoms with Gasteiger partial charge in [-0.1, -0.05) is 38.4 Å². The zero-order chi connectivity index (χ0) is 13.3. The first-order valence-electron chi connectivity index (χ1n) is 6.21. The summed E-state index contributed by atoms with van der Waals surface area (Å²) in [5, 5.41) is 0.724. The van der Waals surface area contributed by atoms with Gasteiger partial charge in [0, 0.05) is 10.7 Å². The summed E-state index contributed by atoms with van der Waals surface area (Å²) in [5.41, 5.74) is 7.28. The molecule has 0 radical (unpaired) electrons. The van der Waals surface area contributed by atoms with E-state index in [4.69, 9.17) is 17.3 Å². The molecule has 0 amide bonds. The fraction of sp³-hybridized carbons (Fsp3) is 0.500. The summed E-state index contributed by atoms with van der Waals surface area (Å²) in [6, 6.07) is 8.09. The van der Waals surface area contributed by atoms with Crippen LogP contribution in [0, 0.1) is 5.41 Å². The summed E-state index contributed by atoms with van der Waals surface area (Å²) >= 11 is 6.04. The van der Waals surface area contributed by atoms with E-state index in [1.807, 2.05) is 24.3 Å². The minimum atomic E-state index is 0.252. The standard InChI is InChI=1S/C14H20ClN3/c1-14(2,3)8-12-9-17-13(16)18(12)11-6-4-5-10(15)7-11/h4-7,12H,8-9H2,1-3H3,(H2,16,17). The zero-order valence-electron chi connectivity index (χ0n) is 11.2. The normalized spacial score (nSPS) is 20.1. The van der Waals surface area contributed by atoms with Crippen LogP contribution in [0.3, 0.4) is 0 Å². The zero-order valence-corrected chi connectivity index (χ0v) is 11.9. The predicted octanol–water partition coefficient (Wildman–Crippen LogP) is 3.28. The molecule has 0 saturated heterocycles. The molecular formula is C14H20ClN3. The van der Waals surface area contributed by atoms with Crippen molar-refractivity contribution in [1.82, 2.24) is 0 Å². The van der Waals surface area contributed by atoms with Gasteiger partial charge in [-0.05, 0) is 30.0 Å². The van der Waals surface area contributed by atoms with Gasteiger partial charge < -0.3 is 10.6 Å². The second-order valence-corrected chi connectivity index (χ2v) is 6.40. The minimum absolute atomic E-state index is 0.252. The minimum Gasteiger partial charge on any atom is -0.370 e. The lowest BCUT2D eigenvalue weighted by molar-refractivity contribution is 0.347. The van der Waals surface area contributed by atoms with E-state index < -0.39 is 0 Å². The molecule has 0 fully saturated rings. The number of aliphatic imine (C=N–C) groups is 1. The van der Waals surface area contributed by atoms with Crippen molar-refractivity contribution in [2.45, 2.75) is 33.2 Å². The van der Waals surface area contributed by atoms with Crippen molar-refractivity contribution >= 4 is 23.2 Å². The van der Waals surface area contributed by atoms with Gasteiger partial charge in [0.1, 0.15) is 0 Å². The van der Waals surface area contributed by atoms with Crippen LogP contribution in [0.1, 0.15) is 27.2 Å². The van der Waals surface area contributed by atoms with E-state index in [2.05, 4.69) is 30.7 Å². The molecule has 1 heterocycles. The van der Waals surface area contributed by atoms with Crippen LogP contribution in [0.5, 0.6) is 0 Å². The smallest absolute Gasteiger partial charge is 0.196 e. The van der Waals surface area contributed by atoms with Crippen molar-refractivity contribution in [3.05, 3.63) is 29.3 Å². The highest BCUT2D eigenvalue weighted by Gasteiger charge is 2.30. The lowest BCUT2D eigenvalue weighted by Crippen LogP contribution is -2.42. The third kappa shape index (κ3) is 2.96. The summed E-state index contributed by atoms with van der Waals surface area (Å²) in [5.74, 6) is 0.589. The Kier molecular flexibility index (Phi) is 3.53. The highest BCUT2D eigenvalue weighted by Crippen LogP contribution is 2.30. The van der Waals surface area contributed by atoms with E-state index in [9.17, 15) is 0 Å². The molecule has 1 atom stereocenters. The number of nitrogens with zero attached hydrogens (tertiary/aromatic N) is 2. The van der Waals surface area contributed by atoms with Crippen LogP contribution in [-0.2, 0) is 0 Å². The van der Waals surface area contributed by atoms with Crippen molar-refractivity contribution < 1.29 is 0 Å². The molecule has 0 saturated carbocycles. The fourth-order valence-corrected chi connectivity index (χ4v) is 2.56. The number of benzene rings is 1. The molecule has 18 heavy (non-hydrogen) atoms. The molecule has 4 heteroatoms. The van der Waals surface area contributed by atoms with Crippen LogP contribution in [0.4, 0.5) is 5.69 Å². The number of nitrogens with two attached hydrogens (primary N) is 1. The molecule has 1 aromatic rings. The topological polar surface area (TPSA) is 41.6 Å². The summed E-state index contributed by atoms with van der Waals surface area (Å²) < 4.78 is 0.